The third-order valence-corrected chi connectivity index (χ3v) is 3.87. The Morgan fingerprint density at radius 1 is 1.33 bits per heavy atom. The molecule has 96 valence electrons. The number of aromatic carboxylic acids is 1. The van der Waals surface area contributed by atoms with Gasteiger partial charge in [0.2, 0.25) is 0 Å². The first-order chi connectivity index (χ1) is 8.65. The fraction of sp³-hybridized carbons (Fsp3) is 0.500. The van der Waals surface area contributed by atoms with Gasteiger partial charge in [0.05, 0.1) is 11.3 Å². The monoisotopic (exact) mass is 265 g/mol. The van der Waals surface area contributed by atoms with Crippen LogP contribution in [-0.4, -0.2) is 23.7 Å². The lowest BCUT2D eigenvalue weighted by Crippen LogP contribution is -2.29. The van der Waals surface area contributed by atoms with Crippen molar-refractivity contribution in [3.05, 3.63) is 28.8 Å². The Labute approximate surface area is 111 Å². The predicted octanol–water partition coefficient (Wildman–Crippen LogP) is 3.42. The third kappa shape index (κ3) is 2.46. The molecule has 2 aliphatic rings. The molecule has 0 aromatic heterocycles. The summed E-state index contributed by atoms with van der Waals surface area (Å²) in [5, 5.41) is 9.79. The van der Waals surface area contributed by atoms with Crippen LogP contribution in [0.15, 0.2) is 18.2 Å². The average Bonchev–Trinajstić information content (AvgIpc) is 3.19. The largest absolute Gasteiger partial charge is 0.478 e. The highest BCUT2D eigenvalue weighted by atomic mass is 35.5. The highest BCUT2D eigenvalue weighted by Gasteiger charge is 2.35. The molecule has 0 heterocycles. The number of hydrogen-bond donors (Lipinski definition) is 1. The van der Waals surface area contributed by atoms with Gasteiger partial charge in [-0.1, -0.05) is 11.6 Å². The molecule has 2 saturated carbocycles. The first-order valence-electron chi connectivity index (χ1n) is 6.44. The molecule has 2 aliphatic carbocycles. The van der Waals surface area contributed by atoms with E-state index in [1.807, 2.05) is 6.07 Å². The maximum atomic E-state index is 11.3. The zero-order chi connectivity index (χ0) is 12.7. The summed E-state index contributed by atoms with van der Waals surface area (Å²) in [7, 11) is 0. The third-order valence-electron chi connectivity index (χ3n) is 3.64. The van der Waals surface area contributed by atoms with Gasteiger partial charge in [-0.2, -0.15) is 0 Å². The van der Waals surface area contributed by atoms with Gasteiger partial charge in [0.25, 0.3) is 0 Å². The number of nitrogens with zero attached hydrogens (tertiary/aromatic N) is 1. The van der Waals surface area contributed by atoms with E-state index in [0.717, 1.165) is 18.2 Å². The minimum atomic E-state index is -0.894. The van der Waals surface area contributed by atoms with Crippen molar-refractivity contribution in [2.24, 2.45) is 5.92 Å². The Balaban J connectivity index is 1.93. The van der Waals surface area contributed by atoms with E-state index in [-0.39, 0.29) is 0 Å². The summed E-state index contributed by atoms with van der Waals surface area (Å²) in [4.78, 5) is 13.6. The maximum Gasteiger partial charge on any atom is 0.337 e. The Hall–Kier alpha value is -1.22. The second-order valence-electron chi connectivity index (χ2n) is 5.29. The van der Waals surface area contributed by atoms with E-state index in [1.165, 1.54) is 25.7 Å². The average molecular weight is 266 g/mol. The molecule has 3 rings (SSSR count). The van der Waals surface area contributed by atoms with Crippen LogP contribution in [-0.2, 0) is 0 Å². The molecule has 1 N–H and O–H groups in total. The molecular weight excluding hydrogens is 250 g/mol. The van der Waals surface area contributed by atoms with Crippen molar-refractivity contribution in [1.29, 1.82) is 0 Å². The van der Waals surface area contributed by atoms with Crippen LogP contribution in [0, 0.1) is 5.92 Å². The molecule has 0 saturated heterocycles. The van der Waals surface area contributed by atoms with Crippen LogP contribution in [0.1, 0.15) is 36.0 Å². The number of benzene rings is 1. The van der Waals surface area contributed by atoms with Gasteiger partial charge in [0, 0.05) is 17.6 Å². The Morgan fingerprint density at radius 3 is 2.61 bits per heavy atom. The Kier molecular flexibility index (Phi) is 2.94. The van der Waals surface area contributed by atoms with Gasteiger partial charge in [-0.3, -0.25) is 0 Å². The van der Waals surface area contributed by atoms with Crippen molar-refractivity contribution >= 4 is 23.3 Å². The zero-order valence-electron chi connectivity index (χ0n) is 10.1. The molecule has 0 atom stereocenters. The van der Waals surface area contributed by atoms with Crippen molar-refractivity contribution in [3.63, 3.8) is 0 Å². The van der Waals surface area contributed by atoms with Gasteiger partial charge < -0.3 is 10.0 Å². The first kappa shape index (κ1) is 11.8. The van der Waals surface area contributed by atoms with E-state index in [2.05, 4.69) is 4.90 Å². The number of hydrogen-bond acceptors (Lipinski definition) is 2. The number of carboxylic acid groups (broad SMARTS) is 1. The standard InChI is InChI=1S/C14H16ClNO2/c15-10-3-6-13(12(7-10)14(17)18)16(11-4-5-11)8-9-1-2-9/h3,6-7,9,11H,1-2,4-5,8H2,(H,17,18). The molecular formula is C14H16ClNO2. The number of anilines is 1. The molecule has 0 bridgehead atoms. The quantitative estimate of drug-likeness (QED) is 0.887. The Morgan fingerprint density at radius 2 is 2.06 bits per heavy atom. The molecule has 3 nitrogen and oxygen atoms in total. The van der Waals surface area contributed by atoms with Gasteiger partial charge in [-0.25, -0.2) is 4.79 Å². The van der Waals surface area contributed by atoms with Crippen molar-refractivity contribution in [2.45, 2.75) is 31.7 Å². The molecule has 1 aromatic carbocycles. The van der Waals surface area contributed by atoms with Gasteiger partial charge in [0.1, 0.15) is 0 Å². The lowest BCUT2D eigenvalue weighted by molar-refractivity contribution is 0.0697. The van der Waals surface area contributed by atoms with E-state index < -0.39 is 5.97 Å². The van der Waals surface area contributed by atoms with Crippen molar-refractivity contribution < 1.29 is 9.90 Å². The van der Waals surface area contributed by atoms with Crippen LogP contribution in [0.5, 0.6) is 0 Å². The van der Waals surface area contributed by atoms with E-state index in [0.29, 0.717) is 16.6 Å². The SMILES string of the molecule is O=C(O)c1cc(Cl)ccc1N(CC1CC1)C1CC1. The smallest absolute Gasteiger partial charge is 0.337 e. The highest BCUT2D eigenvalue weighted by Crippen LogP contribution is 2.39. The number of carbonyl (C=O) groups is 1. The Bertz CT molecular complexity index is 481. The number of carboxylic acids is 1. The molecule has 2 fully saturated rings. The van der Waals surface area contributed by atoms with Crippen molar-refractivity contribution in [2.75, 3.05) is 11.4 Å². The predicted molar refractivity (Wildman–Crippen MR) is 71.5 cm³/mol. The van der Waals surface area contributed by atoms with Crippen molar-refractivity contribution in [3.8, 4) is 0 Å². The van der Waals surface area contributed by atoms with E-state index in [9.17, 15) is 9.90 Å². The molecule has 0 amide bonds. The van der Waals surface area contributed by atoms with E-state index >= 15 is 0 Å². The summed E-state index contributed by atoms with van der Waals surface area (Å²) in [5.41, 5.74) is 1.16. The minimum absolute atomic E-state index is 0.329. The number of halogens is 1. The van der Waals surface area contributed by atoms with E-state index in [1.54, 1.807) is 12.1 Å². The normalized spacial score (nSPS) is 18.7. The first-order valence-corrected chi connectivity index (χ1v) is 6.82. The van der Waals surface area contributed by atoms with Crippen LogP contribution in [0.4, 0.5) is 5.69 Å². The van der Waals surface area contributed by atoms with Gasteiger partial charge in [0.15, 0.2) is 0 Å². The van der Waals surface area contributed by atoms with Crippen LogP contribution in [0.25, 0.3) is 0 Å². The molecule has 0 aliphatic heterocycles. The second kappa shape index (κ2) is 4.47. The fourth-order valence-electron chi connectivity index (χ4n) is 2.34. The molecule has 0 unspecified atom stereocenters. The molecule has 1 aromatic rings. The fourth-order valence-corrected chi connectivity index (χ4v) is 2.51. The maximum absolute atomic E-state index is 11.3. The van der Waals surface area contributed by atoms with Crippen LogP contribution in [0.2, 0.25) is 5.02 Å². The summed E-state index contributed by atoms with van der Waals surface area (Å²) >= 11 is 5.90. The summed E-state index contributed by atoms with van der Waals surface area (Å²) in [6, 6.07) is 5.73. The van der Waals surface area contributed by atoms with E-state index in [4.69, 9.17) is 11.6 Å². The summed E-state index contributed by atoms with van der Waals surface area (Å²) in [6.45, 7) is 0.993. The minimum Gasteiger partial charge on any atom is -0.478 e. The van der Waals surface area contributed by atoms with Crippen LogP contribution in [0.3, 0.4) is 0 Å². The topological polar surface area (TPSA) is 40.5 Å². The summed E-state index contributed by atoms with van der Waals surface area (Å²) < 4.78 is 0. The lowest BCUT2D eigenvalue weighted by atomic mass is 10.1. The van der Waals surface area contributed by atoms with Crippen LogP contribution < -0.4 is 4.90 Å². The summed E-state index contributed by atoms with van der Waals surface area (Å²) in [5.74, 6) is -0.142. The van der Waals surface area contributed by atoms with Crippen molar-refractivity contribution in [1.82, 2.24) is 0 Å². The van der Waals surface area contributed by atoms with Gasteiger partial charge in [-0.15, -0.1) is 0 Å². The van der Waals surface area contributed by atoms with Crippen LogP contribution >= 0.6 is 11.6 Å². The zero-order valence-corrected chi connectivity index (χ0v) is 10.9. The molecule has 0 radical (unpaired) electrons. The molecule has 18 heavy (non-hydrogen) atoms. The molecule has 4 heteroatoms. The number of rotatable bonds is 5. The lowest BCUT2D eigenvalue weighted by Gasteiger charge is -2.26. The van der Waals surface area contributed by atoms with Gasteiger partial charge >= 0.3 is 5.97 Å². The highest BCUT2D eigenvalue weighted by molar-refractivity contribution is 6.31. The molecule has 0 spiro atoms. The second-order valence-corrected chi connectivity index (χ2v) is 5.73. The summed E-state index contributed by atoms with van der Waals surface area (Å²) in [6.07, 6.45) is 4.90. The van der Waals surface area contributed by atoms with Gasteiger partial charge in [-0.05, 0) is 49.8 Å².